The van der Waals surface area contributed by atoms with Crippen LogP contribution in [0.15, 0.2) is 54.6 Å². The molecule has 5 N–H and O–H groups in total. The monoisotopic (exact) mass is 604 g/mol. The van der Waals surface area contributed by atoms with Crippen molar-refractivity contribution in [2.45, 2.75) is 115 Å². The zero-order valence-electron chi connectivity index (χ0n) is 26.4. The first-order valence-electron chi connectivity index (χ1n) is 16.3. The summed E-state index contributed by atoms with van der Waals surface area (Å²) in [6.07, 6.45) is 21.0. The molecule has 2 aromatic rings. The number of aliphatic carboxylic acids is 1. The van der Waals surface area contributed by atoms with Gasteiger partial charge in [0, 0.05) is 36.8 Å². The minimum absolute atomic E-state index is 0.0641. The molecule has 0 aliphatic rings. The number of urea groups is 1. The van der Waals surface area contributed by atoms with Crippen molar-refractivity contribution in [3.8, 4) is 12.3 Å². The number of rotatable bonds is 23. The van der Waals surface area contributed by atoms with Gasteiger partial charge in [-0.25, -0.2) is 4.79 Å². The number of hydrogen-bond acceptors (Lipinski definition) is 4. The Morgan fingerprint density at radius 1 is 0.841 bits per heavy atom. The molecule has 0 aromatic heterocycles. The predicted octanol–water partition coefficient (Wildman–Crippen LogP) is 7.26. The summed E-state index contributed by atoms with van der Waals surface area (Å²) >= 11 is 0. The largest absolute Gasteiger partial charge is 0.480 e. The highest BCUT2D eigenvalue weighted by atomic mass is 16.4. The molecule has 0 heterocycles. The van der Waals surface area contributed by atoms with Crippen molar-refractivity contribution in [1.29, 1.82) is 0 Å². The van der Waals surface area contributed by atoms with E-state index >= 15 is 0 Å². The minimum atomic E-state index is -1.01. The minimum Gasteiger partial charge on any atom is -0.480 e. The van der Waals surface area contributed by atoms with E-state index in [0.717, 1.165) is 31.2 Å². The topological polar surface area (TPSA) is 120 Å². The Morgan fingerprint density at radius 3 is 2.09 bits per heavy atom. The predicted molar refractivity (Wildman–Crippen MR) is 179 cm³/mol. The van der Waals surface area contributed by atoms with Crippen LogP contribution < -0.4 is 21.3 Å². The van der Waals surface area contributed by atoms with Gasteiger partial charge in [0.1, 0.15) is 6.04 Å². The van der Waals surface area contributed by atoms with Gasteiger partial charge in [-0.1, -0.05) is 120 Å². The lowest BCUT2D eigenvalue weighted by Gasteiger charge is -2.22. The number of terminal acetylenes is 1. The van der Waals surface area contributed by atoms with Crippen LogP contribution in [0.25, 0.3) is 0 Å². The fraction of sp³-hybridized carbons (Fsp3) is 0.528. The molecule has 2 aromatic carbocycles. The van der Waals surface area contributed by atoms with Crippen molar-refractivity contribution in [1.82, 2.24) is 16.0 Å². The maximum Gasteiger partial charge on any atom is 0.321 e. The van der Waals surface area contributed by atoms with E-state index in [1.165, 1.54) is 57.8 Å². The smallest absolute Gasteiger partial charge is 0.321 e. The zero-order valence-corrected chi connectivity index (χ0v) is 26.4. The number of carboxylic acid groups (broad SMARTS) is 1. The third-order valence-electron chi connectivity index (χ3n) is 7.65. The second-order valence-corrected chi connectivity index (χ2v) is 11.4. The number of carbonyl (C=O) groups excluding carboxylic acids is 2. The van der Waals surface area contributed by atoms with Crippen LogP contribution in [-0.2, 0) is 11.3 Å². The Kier molecular flexibility index (Phi) is 18.7. The first-order valence-corrected chi connectivity index (χ1v) is 16.3. The van der Waals surface area contributed by atoms with Crippen LogP contribution in [0.4, 0.5) is 10.5 Å². The van der Waals surface area contributed by atoms with Crippen molar-refractivity contribution < 1.29 is 19.5 Å². The lowest BCUT2D eigenvalue weighted by atomic mass is 10.0. The third kappa shape index (κ3) is 16.1. The van der Waals surface area contributed by atoms with Crippen LogP contribution >= 0.6 is 0 Å². The summed E-state index contributed by atoms with van der Waals surface area (Å²) < 4.78 is 0. The quantitative estimate of drug-likeness (QED) is 0.0675. The van der Waals surface area contributed by atoms with E-state index in [0.29, 0.717) is 24.3 Å². The fourth-order valence-corrected chi connectivity index (χ4v) is 5.07. The summed E-state index contributed by atoms with van der Waals surface area (Å²) in [5.74, 6) is 1.11. The van der Waals surface area contributed by atoms with Crippen LogP contribution in [0.3, 0.4) is 0 Å². The molecule has 8 nitrogen and oxygen atoms in total. The van der Waals surface area contributed by atoms with Crippen molar-refractivity contribution in [3.63, 3.8) is 0 Å². The number of anilines is 1. The van der Waals surface area contributed by atoms with Crippen molar-refractivity contribution >= 4 is 23.6 Å². The second-order valence-electron chi connectivity index (χ2n) is 11.4. The highest BCUT2D eigenvalue weighted by Crippen LogP contribution is 2.15. The molecule has 2 unspecified atom stereocenters. The van der Waals surface area contributed by atoms with Gasteiger partial charge in [0.25, 0.3) is 5.91 Å². The average molecular weight is 605 g/mol. The molecule has 0 fully saturated rings. The van der Waals surface area contributed by atoms with Crippen LogP contribution in [-0.4, -0.2) is 41.6 Å². The van der Waals surface area contributed by atoms with E-state index in [1.54, 1.807) is 24.3 Å². The van der Waals surface area contributed by atoms with E-state index in [1.807, 2.05) is 30.3 Å². The lowest BCUT2D eigenvalue weighted by Crippen LogP contribution is -2.47. The molecular formula is C36H52N4O4. The summed E-state index contributed by atoms with van der Waals surface area (Å²) in [4.78, 5) is 37.2. The zero-order chi connectivity index (χ0) is 31.8. The number of amides is 3. The molecular weight excluding hydrogens is 552 g/mol. The van der Waals surface area contributed by atoms with Crippen molar-refractivity contribution in [2.75, 3.05) is 11.9 Å². The summed E-state index contributed by atoms with van der Waals surface area (Å²) in [5, 5.41) is 21.2. The maximum atomic E-state index is 13.2. The lowest BCUT2D eigenvalue weighted by molar-refractivity contribution is -0.139. The van der Waals surface area contributed by atoms with Crippen LogP contribution in [0.1, 0.15) is 113 Å². The third-order valence-corrected chi connectivity index (χ3v) is 7.65. The maximum absolute atomic E-state index is 13.2. The highest BCUT2D eigenvalue weighted by Gasteiger charge is 2.20. The van der Waals surface area contributed by atoms with E-state index in [2.05, 4.69) is 34.1 Å². The molecule has 8 heteroatoms. The fourth-order valence-electron chi connectivity index (χ4n) is 5.07. The number of unbranched alkanes of at least 4 members (excludes halogenated alkanes) is 11. The van der Waals surface area contributed by atoms with E-state index in [-0.39, 0.29) is 24.4 Å². The molecule has 0 radical (unpaired) electrons. The Bertz CT molecular complexity index is 1150. The number of nitrogens with one attached hydrogen (secondary N) is 4. The van der Waals surface area contributed by atoms with Gasteiger partial charge in [0.15, 0.2) is 0 Å². The van der Waals surface area contributed by atoms with Gasteiger partial charge in [-0.15, -0.1) is 12.3 Å². The van der Waals surface area contributed by atoms with Gasteiger partial charge < -0.3 is 26.4 Å². The van der Waals surface area contributed by atoms with E-state index < -0.39 is 12.0 Å². The molecule has 0 spiro atoms. The van der Waals surface area contributed by atoms with Crippen molar-refractivity contribution in [3.05, 3.63) is 65.7 Å². The molecule has 2 rings (SSSR count). The van der Waals surface area contributed by atoms with Crippen LogP contribution in [0.2, 0.25) is 0 Å². The molecule has 0 saturated carbocycles. The number of carboxylic acids is 1. The van der Waals surface area contributed by atoms with Gasteiger partial charge in [0.05, 0.1) is 0 Å². The number of carbonyl (C=O) groups is 3. The molecule has 0 saturated heterocycles. The average Bonchev–Trinajstić information content (AvgIpc) is 3.02. The standard InChI is InChI=1S/C36H52N4O4/c1-3-5-6-7-8-9-10-11-12-13-14-18-24-32(28-37-33(20-4-2)35(42)43)39-34(41)30-23-19-25-31(26-30)40-36(44)38-27-29-21-16-15-17-22-29/h2,15-17,19,21-23,25-26,32-33,37H,3,5-14,18,20,24,27-28H2,1H3,(H,39,41)(H,42,43)(H2,38,40,44). The van der Waals surface area contributed by atoms with Crippen LogP contribution in [0, 0.1) is 12.3 Å². The normalized spacial score (nSPS) is 12.1. The first-order chi connectivity index (χ1) is 21.4. The molecule has 2 atom stereocenters. The molecule has 44 heavy (non-hydrogen) atoms. The molecule has 240 valence electrons. The number of hydrogen-bond donors (Lipinski definition) is 5. The van der Waals surface area contributed by atoms with Gasteiger partial charge in [0.2, 0.25) is 0 Å². The second kappa shape index (κ2) is 22.7. The Morgan fingerprint density at radius 2 is 1.48 bits per heavy atom. The summed E-state index contributed by atoms with van der Waals surface area (Å²) in [7, 11) is 0. The summed E-state index contributed by atoms with van der Waals surface area (Å²) in [5.41, 5.74) is 1.89. The highest BCUT2D eigenvalue weighted by molar-refractivity contribution is 5.97. The van der Waals surface area contributed by atoms with E-state index in [9.17, 15) is 19.5 Å². The molecule has 0 aliphatic carbocycles. The molecule has 3 amide bonds. The SMILES string of the molecule is C#CCC(NCC(CCCCCCCCCCCCCC)NC(=O)c1cccc(NC(=O)NCc2ccccc2)c1)C(=O)O. The summed E-state index contributed by atoms with van der Waals surface area (Å²) in [6.45, 7) is 2.92. The van der Waals surface area contributed by atoms with Crippen molar-refractivity contribution in [2.24, 2.45) is 0 Å². The Hall–Kier alpha value is -3.83. The van der Waals surface area contributed by atoms with Gasteiger partial charge in [-0.05, 0) is 30.2 Å². The Balaban J connectivity index is 1.84. The van der Waals surface area contributed by atoms with Gasteiger partial charge in [-0.3, -0.25) is 9.59 Å². The number of benzene rings is 2. The van der Waals surface area contributed by atoms with Gasteiger partial charge >= 0.3 is 12.0 Å². The van der Waals surface area contributed by atoms with Gasteiger partial charge in [-0.2, -0.15) is 0 Å². The first kappa shape index (κ1) is 36.4. The van der Waals surface area contributed by atoms with E-state index in [4.69, 9.17) is 6.42 Å². The molecule has 0 bridgehead atoms. The summed E-state index contributed by atoms with van der Waals surface area (Å²) in [6, 6.07) is 14.9. The molecule has 0 aliphatic heterocycles. The Labute approximate surface area is 264 Å². The van der Waals surface area contributed by atoms with Crippen LogP contribution in [0.5, 0.6) is 0 Å².